The van der Waals surface area contributed by atoms with Gasteiger partial charge in [-0.25, -0.2) is 8.42 Å². The molecule has 0 aliphatic rings. The van der Waals surface area contributed by atoms with Gasteiger partial charge in [0, 0.05) is 16.8 Å². The van der Waals surface area contributed by atoms with Gasteiger partial charge in [0.05, 0.1) is 6.54 Å². The second kappa shape index (κ2) is 5.54. The zero-order valence-electron chi connectivity index (χ0n) is 9.56. The summed E-state index contributed by atoms with van der Waals surface area (Å²) in [4.78, 5) is 0.00269. The maximum absolute atomic E-state index is 12.2. The largest absolute Gasteiger partial charge is 0.452 e. The summed E-state index contributed by atoms with van der Waals surface area (Å²) in [5.41, 5.74) is 5.81. The molecule has 0 fully saturated rings. The quantitative estimate of drug-likeness (QED) is 0.872. The molecule has 5 nitrogen and oxygen atoms in total. The molecule has 0 radical (unpaired) electrons. The fourth-order valence-electron chi connectivity index (χ4n) is 1.41. The van der Waals surface area contributed by atoms with Gasteiger partial charge < -0.3 is 10.2 Å². The van der Waals surface area contributed by atoms with Crippen molar-refractivity contribution >= 4 is 43.2 Å². The Hall–Kier alpha value is -1.02. The van der Waals surface area contributed by atoms with E-state index in [2.05, 4.69) is 20.7 Å². The van der Waals surface area contributed by atoms with Crippen LogP contribution in [0.15, 0.2) is 44.3 Å². The molecular formula is C11H10BrClN2O3S. The third-order valence-corrected chi connectivity index (χ3v) is 4.78. The Labute approximate surface area is 123 Å². The number of nitrogens with one attached hydrogen (secondary N) is 1. The smallest absolute Gasteiger partial charge is 0.266 e. The lowest BCUT2D eigenvalue weighted by molar-refractivity contribution is 0.484. The summed E-state index contributed by atoms with van der Waals surface area (Å²) in [7, 11) is -3.74. The Morgan fingerprint density at radius 1 is 1.32 bits per heavy atom. The summed E-state index contributed by atoms with van der Waals surface area (Å²) in [6, 6.07) is 7.70. The summed E-state index contributed by atoms with van der Waals surface area (Å²) >= 11 is 8.79. The molecule has 0 aliphatic heterocycles. The third kappa shape index (κ3) is 3.30. The van der Waals surface area contributed by atoms with Gasteiger partial charge in [0.15, 0.2) is 4.67 Å². The van der Waals surface area contributed by atoms with Crippen molar-refractivity contribution in [2.75, 3.05) is 4.72 Å². The number of halogens is 2. The van der Waals surface area contributed by atoms with Gasteiger partial charge in [-0.3, -0.25) is 4.72 Å². The molecule has 0 atom stereocenters. The molecule has 0 amide bonds. The summed E-state index contributed by atoms with van der Waals surface area (Å²) in [5.74, 6) is 0.378. The van der Waals surface area contributed by atoms with Gasteiger partial charge in [0.25, 0.3) is 10.0 Å². The second-order valence-electron chi connectivity index (χ2n) is 3.67. The molecule has 1 aromatic heterocycles. The van der Waals surface area contributed by atoms with Crippen LogP contribution in [0.3, 0.4) is 0 Å². The van der Waals surface area contributed by atoms with E-state index in [0.717, 1.165) is 0 Å². The van der Waals surface area contributed by atoms with E-state index in [1.165, 1.54) is 6.07 Å². The van der Waals surface area contributed by atoms with Crippen molar-refractivity contribution in [3.05, 3.63) is 45.8 Å². The molecule has 3 N–H and O–H groups in total. The lowest BCUT2D eigenvalue weighted by atomic mass is 10.3. The van der Waals surface area contributed by atoms with Crippen LogP contribution in [0.1, 0.15) is 5.76 Å². The van der Waals surface area contributed by atoms with Crippen molar-refractivity contribution in [3.63, 3.8) is 0 Å². The molecule has 0 bridgehead atoms. The van der Waals surface area contributed by atoms with Gasteiger partial charge in [0.2, 0.25) is 0 Å². The maximum atomic E-state index is 12.2. The maximum Gasteiger partial charge on any atom is 0.266 e. The lowest BCUT2D eigenvalue weighted by Crippen LogP contribution is -2.12. The minimum atomic E-state index is -3.74. The number of anilines is 1. The van der Waals surface area contributed by atoms with Gasteiger partial charge >= 0.3 is 0 Å². The average molecular weight is 366 g/mol. The summed E-state index contributed by atoms with van der Waals surface area (Å²) in [5, 5.41) is 0.526. The summed E-state index contributed by atoms with van der Waals surface area (Å²) in [6.07, 6.45) is 0. The molecule has 0 saturated carbocycles. The highest BCUT2D eigenvalue weighted by Gasteiger charge is 2.22. The van der Waals surface area contributed by atoms with E-state index in [-0.39, 0.29) is 16.1 Å². The van der Waals surface area contributed by atoms with E-state index >= 15 is 0 Å². The van der Waals surface area contributed by atoms with Crippen LogP contribution in [0.25, 0.3) is 0 Å². The summed E-state index contributed by atoms with van der Waals surface area (Å²) in [6.45, 7) is 0.120. The number of hydrogen-bond acceptors (Lipinski definition) is 4. The Morgan fingerprint density at radius 3 is 2.47 bits per heavy atom. The Kier molecular flexibility index (Phi) is 4.19. The van der Waals surface area contributed by atoms with Crippen molar-refractivity contribution in [1.82, 2.24) is 0 Å². The first-order valence-electron chi connectivity index (χ1n) is 5.19. The van der Waals surface area contributed by atoms with Crippen molar-refractivity contribution in [2.45, 2.75) is 11.4 Å². The van der Waals surface area contributed by atoms with E-state index in [4.69, 9.17) is 21.8 Å². The third-order valence-electron chi connectivity index (χ3n) is 2.29. The number of rotatable bonds is 4. The monoisotopic (exact) mass is 364 g/mol. The van der Waals surface area contributed by atoms with E-state index in [0.29, 0.717) is 16.5 Å². The molecule has 1 heterocycles. The summed E-state index contributed by atoms with van der Waals surface area (Å²) < 4.78 is 32.0. The van der Waals surface area contributed by atoms with Crippen LogP contribution in [0.2, 0.25) is 5.02 Å². The highest BCUT2D eigenvalue weighted by molar-refractivity contribution is 9.10. The van der Waals surface area contributed by atoms with Crippen LogP contribution < -0.4 is 10.5 Å². The first-order chi connectivity index (χ1) is 8.92. The van der Waals surface area contributed by atoms with Crippen molar-refractivity contribution < 1.29 is 12.8 Å². The molecule has 19 heavy (non-hydrogen) atoms. The van der Waals surface area contributed by atoms with Gasteiger partial charge in [0.1, 0.15) is 10.7 Å². The van der Waals surface area contributed by atoms with Crippen LogP contribution >= 0.6 is 27.5 Å². The minimum absolute atomic E-state index is 0.00269. The van der Waals surface area contributed by atoms with Crippen LogP contribution in [0, 0.1) is 0 Å². The number of benzene rings is 1. The molecule has 102 valence electrons. The number of hydrogen-bond donors (Lipinski definition) is 2. The van der Waals surface area contributed by atoms with E-state index in [1.807, 2.05) is 0 Å². The molecule has 1 aromatic carbocycles. The molecule has 2 rings (SSSR count). The fourth-order valence-corrected chi connectivity index (χ4v) is 3.59. The molecule has 0 unspecified atom stereocenters. The molecule has 0 saturated heterocycles. The van der Waals surface area contributed by atoms with Crippen molar-refractivity contribution in [2.24, 2.45) is 5.73 Å². The SMILES string of the molecule is NCc1cc(S(=O)(=O)Nc2ccc(Cl)cc2)c(Br)o1. The molecule has 8 heteroatoms. The van der Waals surface area contributed by atoms with E-state index < -0.39 is 10.0 Å². The Morgan fingerprint density at radius 2 is 1.95 bits per heavy atom. The first-order valence-corrected chi connectivity index (χ1v) is 7.84. The molecule has 2 aromatic rings. The topological polar surface area (TPSA) is 85.3 Å². The van der Waals surface area contributed by atoms with Crippen LogP contribution in [-0.4, -0.2) is 8.42 Å². The Bertz CT molecular complexity index is 682. The van der Waals surface area contributed by atoms with E-state index in [9.17, 15) is 8.42 Å². The van der Waals surface area contributed by atoms with Crippen LogP contribution in [0.5, 0.6) is 0 Å². The zero-order chi connectivity index (χ0) is 14.0. The number of furan rings is 1. The molecule has 0 spiro atoms. The average Bonchev–Trinajstić information content (AvgIpc) is 2.74. The van der Waals surface area contributed by atoms with Gasteiger partial charge in [-0.1, -0.05) is 11.6 Å². The second-order valence-corrected chi connectivity index (χ2v) is 6.47. The first kappa shape index (κ1) is 14.4. The highest BCUT2D eigenvalue weighted by atomic mass is 79.9. The predicted molar refractivity (Wildman–Crippen MR) is 76.6 cm³/mol. The zero-order valence-corrected chi connectivity index (χ0v) is 12.7. The Balaban J connectivity index is 2.31. The number of nitrogens with two attached hydrogens (primary N) is 1. The highest BCUT2D eigenvalue weighted by Crippen LogP contribution is 2.28. The standard InChI is InChI=1S/C11H10BrClN2O3S/c12-11-10(5-9(6-14)18-11)19(16,17)15-8-3-1-7(13)2-4-8/h1-5,15H,6,14H2. The fraction of sp³-hybridized carbons (Fsp3) is 0.0909. The van der Waals surface area contributed by atoms with Gasteiger partial charge in [-0.15, -0.1) is 0 Å². The predicted octanol–water partition coefficient (Wildman–Crippen LogP) is 2.96. The number of sulfonamides is 1. The van der Waals surface area contributed by atoms with Gasteiger partial charge in [-0.2, -0.15) is 0 Å². The van der Waals surface area contributed by atoms with Gasteiger partial charge in [-0.05, 0) is 40.2 Å². The molecular weight excluding hydrogens is 356 g/mol. The van der Waals surface area contributed by atoms with Crippen molar-refractivity contribution in [1.29, 1.82) is 0 Å². The van der Waals surface area contributed by atoms with Crippen LogP contribution in [0.4, 0.5) is 5.69 Å². The molecule has 0 aliphatic carbocycles. The normalized spacial score (nSPS) is 11.5. The van der Waals surface area contributed by atoms with Crippen molar-refractivity contribution in [3.8, 4) is 0 Å². The van der Waals surface area contributed by atoms with Crippen LogP contribution in [-0.2, 0) is 16.6 Å². The lowest BCUT2D eigenvalue weighted by Gasteiger charge is -2.06. The minimum Gasteiger partial charge on any atom is -0.452 e. The van der Waals surface area contributed by atoms with E-state index in [1.54, 1.807) is 24.3 Å².